The summed E-state index contributed by atoms with van der Waals surface area (Å²) in [5, 5.41) is 14.9. The first-order valence-electron chi connectivity index (χ1n) is 13.5. The minimum absolute atomic E-state index is 0.0728. The molecule has 0 radical (unpaired) electrons. The minimum atomic E-state index is -1.16. The molecule has 224 valence electrons. The van der Waals surface area contributed by atoms with Gasteiger partial charge in [-0.25, -0.2) is 9.78 Å². The number of fused-ring (bicyclic) bond motifs is 1. The Bertz CT molecular complexity index is 1380. The summed E-state index contributed by atoms with van der Waals surface area (Å²) in [5.74, 6) is -2.86. The summed E-state index contributed by atoms with van der Waals surface area (Å²) in [5.41, 5.74) is 0.295. The van der Waals surface area contributed by atoms with Gasteiger partial charge in [-0.1, -0.05) is 12.1 Å². The number of carboxylic acid groups (broad SMARTS) is 1. The largest absolute Gasteiger partial charge is 0.483 e. The summed E-state index contributed by atoms with van der Waals surface area (Å²) in [7, 11) is 0. The summed E-state index contributed by atoms with van der Waals surface area (Å²) < 4.78 is 10.7. The smallest absolute Gasteiger partial charge is 0.409 e. The number of aliphatic carboxylic acids is 1. The molecule has 0 spiro atoms. The lowest BCUT2D eigenvalue weighted by molar-refractivity contribution is -0.138. The average Bonchev–Trinajstić information content (AvgIpc) is 3.43. The van der Waals surface area contributed by atoms with E-state index in [2.05, 4.69) is 15.6 Å². The van der Waals surface area contributed by atoms with E-state index in [1.54, 1.807) is 31.2 Å². The topological polar surface area (TPSA) is 188 Å². The summed E-state index contributed by atoms with van der Waals surface area (Å²) >= 11 is 0. The molecule has 4 rings (SSSR count). The Balaban J connectivity index is 1.48. The second-order valence-electron chi connectivity index (χ2n) is 9.63. The number of carbonyl (C=O) groups excluding carboxylic acids is 5. The number of nitrogens with zero attached hydrogens (tertiary/aromatic N) is 4. The van der Waals surface area contributed by atoms with Crippen LogP contribution in [0.1, 0.15) is 30.3 Å². The van der Waals surface area contributed by atoms with E-state index < -0.39 is 35.8 Å². The summed E-state index contributed by atoms with van der Waals surface area (Å²) in [6.07, 6.45) is -1.01. The number of amides is 5. The van der Waals surface area contributed by atoms with Gasteiger partial charge in [-0.15, -0.1) is 0 Å². The zero-order valence-corrected chi connectivity index (χ0v) is 23.0. The number of carboxylic acids is 1. The van der Waals surface area contributed by atoms with E-state index in [1.165, 1.54) is 20.8 Å². The van der Waals surface area contributed by atoms with E-state index in [4.69, 9.17) is 9.47 Å². The van der Waals surface area contributed by atoms with E-state index >= 15 is 0 Å². The van der Waals surface area contributed by atoms with Crippen molar-refractivity contribution in [1.29, 1.82) is 0 Å². The summed E-state index contributed by atoms with van der Waals surface area (Å²) in [4.78, 5) is 82.5. The number of ether oxygens (including phenoxy) is 2. The molecule has 1 atom stereocenters. The van der Waals surface area contributed by atoms with Crippen molar-refractivity contribution in [2.24, 2.45) is 0 Å². The maximum absolute atomic E-state index is 13.4. The third-order valence-corrected chi connectivity index (χ3v) is 6.78. The molecule has 3 N–H and O–H groups in total. The first kappa shape index (κ1) is 30.0. The first-order valence-corrected chi connectivity index (χ1v) is 13.5. The van der Waals surface area contributed by atoms with Crippen molar-refractivity contribution in [3.63, 3.8) is 0 Å². The van der Waals surface area contributed by atoms with Crippen LogP contribution < -0.4 is 15.4 Å². The molecule has 2 aliphatic heterocycles. The Hall–Kier alpha value is -4.95. The van der Waals surface area contributed by atoms with E-state index in [0.29, 0.717) is 10.9 Å². The molecule has 5 amide bonds. The molecule has 2 fully saturated rings. The quantitative estimate of drug-likeness (QED) is 0.337. The number of rotatable bonds is 10. The summed E-state index contributed by atoms with van der Waals surface area (Å²) in [6.45, 7) is 2.39. The number of benzene rings is 1. The second-order valence-corrected chi connectivity index (χ2v) is 9.63. The molecule has 15 heteroatoms. The third kappa shape index (κ3) is 7.41. The maximum atomic E-state index is 13.4. The number of hydrogen-bond acceptors (Lipinski definition) is 9. The predicted molar refractivity (Wildman–Crippen MR) is 145 cm³/mol. The van der Waals surface area contributed by atoms with E-state index in [-0.39, 0.29) is 82.8 Å². The molecule has 1 aromatic heterocycles. The molecule has 3 heterocycles. The van der Waals surface area contributed by atoms with Crippen molar-refractivity contribution in [3.8, 4) is 5.75 Å². The van der Waals surface area contributed by atoms with Crippen LogP contribution in [0.2, 0.25) is 0 Å². The average molecular weight is 585 g/mol. The van der Waals surface area contributed by atoms with E-state index in [1.807, 2.05) is 0 Å². The van der Waals surface area contributed by atoms with Gasteiger partial charge in [0.25, 0.3) is 11.8 Å². The van der Waals surface area contributed by atoms with Gasteiger partial charge in [0.2, 0.25) is 11.8 Å². The molecule has 1 aromatic carbocycles. The van der Waals surface area contributed by atoms with Gasteiger partial charge in [0.1, 0.15) is 24.0 Å². The highest BCUT2D eigenvalue weighted by Gasteiger charge is 2.31. The molecular formula is C27H32N6O9. The van der Waals surface area contributed by atoms with E-state index in [9.17, 15) is 33.9 Å². The lowest BCUT2D eigenvalue weighted by Crippen LogP contribution is -2.56. The SMILES string of the molecule is CCOC(=O)N1CCN(C(=O)C(CCC(=O)O)NC(=O)c2cc(OCC(=O)N3CNC(=O)C3)c3ccccc3n2)CC1. The zero-order valence-electron chi connectivity index (χ0n) is 23.0. The van der Waals surface area contributed by atoms with Crippen LogP contribution in [0.25, 0.3) is 10.9 Å². The molecule has 15 nitrogen and oxygen atoms in total. The van der Waals surface area contributed by atoms with Crippen LogP contribution in [0.15, 0.2) is 30.3 Å². The van der Waals surface area contributed by atoms with Gasteiger partial charge in [-0.3, -0.25) is 24.0 Å². The summed E-state index contributed by atoms with van der Waals surface area (Å²) in [6, 6.07) is 6.99. The van der Waals surface area contributed by atoms with Gasteiger partial charge in [0, 0.05) is 44.1 Å². The van der Waals surface area contributed by atoms with Crippen LogP contribution in [0.5, 0.6) is 5.75 Å². The van der Waals surface area contributed by atoms with Gasteiger partial charge in [0.05, 0.1) is 18.8 Å². The van der Waals surface area contributed by atoms with Crippen molar-refractivity contribution in [2.75, 3.05) is 52.6 Å². The van der Waals surface area contributed by atoms with E-state index in [0.717, 1.165) is 0 Å². The number of para-hydroxylation sites is 1. The number of aromatic nitrogens is 1. The predicted octanol–water partition coefficient (Wildman–Crippen LogP) is -0.207. The Morgan fingerprint density at radius 2 is 1.79 bits per heavy atom. The molecule has 0 aliphatic carbocycles. The van der Waals surface area contributed by atoms with Crippen molar-refractivity contribution >= 4 is 46.6 Å². The molecule has 2 aromatic rings. The molecule has 42 heavy (non-hydrogen) atoms. The van der Waals surface area contributed by atoms with Crippen LogP contribution >= 0.6 is 0 Å². The third-order valence-electron chi connectivity index (χ3n) is 6.78. The molecule has 2 aliphatic rings. The standard InChI is InChI=1S/C27H32N6O9/c1-2-41-27(40)32-11-9-31(10-12-32)26(39)19(7-8-24(36)37)30-25(38)20-13-21(17-5-3-4-6-18(17)29-20)42-15-23(35)33-14-22(34)28-16-33/h3-6,13,19H,2,7-12,14-16H2,1H3,(H,28,34)(H,30,38)(H,36,37). The highest BCUT2D eigenvalue weighted by Crippen LogP contribution is 2.26. The van der Waals surface area contributed by atoms with Crippen molar-refractivity contribution in [3.05, 3.63) is 36.0 Å². The minimum Gasteiger partial charge on any atom is -0.483 e. The van der Waals surface area contributed by atoms with Crippen LogP contribution in [0.4, 0.5) is 4.79 Å². The molecule has 0 saturated carbocycles. The Morgan fingerprint density at radius 3 is 2.45 bits per heavy atom. The number of piperazine rings is 1. The Morgan fingerprint density at radius 1 is 1.07 bits per heavy atom. The lowest BCUT2D eigenvalue weighted by Gasteiger charge is -2.35. The fourth-order valence-electron chi connectivity index (χ4n) is 4.56. The van der Waals surface area contributed by atoms with Crippen LogP contribution in [0.3, 0.4) is 0 Å². The normalized spacial score (nSPS) is 15.6. The van der Waals surface area contributed by atoms with Crippen molar-refractivity contribution < 1.29 is 43.3 Å². The highest BCUT2D eigenvalue weighted by atomic mass is 16.6. The molecule has 2 saturated heterocycles. The molecule has 0 bridgehead atoms. The Labute approximate surface area is 240 Å². The van der Waals surface area contributed by atoms with Gasteiger partial charge >= 0.3 is 12.1 Å². The van der Waals surface area contributed by atoms with Crippen molar-refractivity contribution in [2.45, 2.75) is 25.8 Å². The van der Waals surface area contributed by atoms with Gasteiger partial charge < -0.3 is 39.9 Å². The van der Waals surface area contributed by atoms with Crippen molar-refractivity contribution in [1.82, 2.24) is 30.3 Å². The maximum Gasteiger partial charge on any atom is 0.409 e. The fourth-order valence-corrected chi connectivity index (χ4v) is 4.56. The first-order chi connectivity index (χ1) is 20.2. The van der Waals surface area contributed by atoms with Crippen LogP contribution in [-0.2, 0) is 23.9 Å². The molecular weight excluding hydrogens is 552 g/mol. The van der Waals surface area contributed by atoms with Crippen LogP contribution in [0, 0.1) is 0 Å². The number of hydrogen-bond donors (Lipinski definition) is 3. The number of pyridine rings is 1. The van der Waals surface area contributed by atoms with Gasteiger partial charge in [-0.05, 0) is 25.5 Å². The van der Waals surface area contributed by atoms with Gasteiger partial charge in [-0.2, -0.15) is 0 Å². The lowest BCUT2D eigenvalue weighted by atomic mass is 10.1. The molecule has 1 unspecified atom stereocenters. The fraction of sp³-hybridized carbons (Fsp3) is 0.444. The van der Waals surface area contributed by atoms with Gasteiger partial charge in [0.15, 0.2) is 6.61 Å². The zero-order chi connectivity index (χ0) is 30.2. The second kappa shape index (κ2) is 13.6. The Kier molecular flexibility index (Phi) is 9.73. The highest BCUT2D eigenvalue weighted by molar-refractivity contribution is 5.99. The van der Waals surface area contributed by atoms with Crippen LogP contribution in [-0.4, -0.2) is 119 Å². The monoisotopic (exact) mass is 584 g/mol. The number of carbonyl (C=O) groups is 6. The number of nitrogens with one attached hydrogen (secondary N) is 2.